The summed E-state index contributed by atoms with van der Waals surface area (Å²) in [5.74, 6) is -6.98. The number of aliphatic hydroxyl groups excluding tert-OH is 2. The molecule has 1 fully saturated rings. The van der Waals surface area contributed by atoms with Gasteiger partial charge in [0.2, 0.25) is 53.2 Å². The minimum absolute atomic E-state index is 0.0107. The minimum atomic E-state index is -1.55. The van der Waals surface area contributed by atoms with E-state index in [0.29, 0.717) is 17.5 Å². The summed E-state index contributed by atoms with van der Waals surface area (Å²) in [4.78, 5) is 118. The van der Waals surface area contributed by atoms with Crippen molar-refractivity contribution in [3.63, 3.8) is 0 Å². The first-order valence-corrected chi connectivity index (χ1v) is 20.5. The standard InChI is InChI=1S/C42H59N9O12/c1-21(46-40(61)32-13-10-18-51(32)42(63)34(25(5)53)50-41(62)33(24(4)52)47-26(6)54)36(57)44-22(2)38(59)49-31(20-27-11-8-7-9-12-27)39(60)45-23(3)37(58)48-30(35(43)56)19-28-14-16-29(55)17-15-28/h7-9,11-12,14-17,21-25,30-34,52-53,55H,10,13,18-20H2,1-6H3,(H2,43,56)(H,44,57)(H,45,60)(H,46,61)(H,47,54)(H,48,58)(H,49,59)(H,50,62)/t21-,22-,23-,24+,25+,30-,31-,32-,33-,34-/m0/s1. The average Bonchev–Trinajstić information content (AvgIpc) is 3.72. The Morgan fingerprint density at radius 1 is 0.619 bits per heavy atom. The van der Waals surface area contributed by atoms with Crippen LogP contribution < -0.4 is 43.0 Å². The third-order valence-corrected chi connectivity index (χ3v) is 10.2. The summed E-state index contributed by atoms with van der Waals surface area (Å²) in [6.45, 7) is 7.79. The molecule has 12 N–H and O–H groups in total. The van der Waals surface area contributed by atoms with Crippen LogP contribution in [0.4, 0.5) is 0 Å². The molecule has 0 radical (unpaired) electrons. The maximum atomic E-state index is 13.6. The second-order valence-corrected chi connectivity index (χ2v) is 15.6. The molecule has 1 aliphatic rings. The highest BCUT2D eigenvalue weighted by atomic mass is 16.3. The van der Waals surface area contributed by atoms with E-state index in [2.05, 4.69) is 37.2 Å². The molecule has 9 amide bonds. The number of hydrogen-bond donors (Lipinski definition) is 11. The molecule has 1 heterocycles. The number of aromatic hydroxyl groups is 1. The quantitative estimate of drug-likeness (QED) is 0.0594. The number of nitrogens with one attached hydrogen (secondary N) is 7. The number of nitrogens with two attached hydrogens (primary N) is 1. The topological polar surface area (TPSA) is 328 Å². The highest BCUT2D eigenvalue weighted by molar-refractivity contribution is 5.98. The van der Waals surface area contributed by atoms with Crippen molar-refractivity contribution in [3.8, 4) is 5.75 Å². The number of primary amides is 1. The number of nitrogens with zero attached hydrogens (tertiary/aromatic N) is 1. The van der Waals surface area contributed by atoms with E-state index in [1.807, 2.05) is 0 Å². The van der Waals surface area contributed by atoms with Crippen LogP contribution in [0.5, 0.6) is 5.75 Å². The molecule has 2 aromatic rings. The zero-order chi connectivity index (χ0) is 47.1. The Morgan fingerprint density at radius 3 is 1.65 bits per heavy atom. The van der Waals surface area contributed by atoms with Gasteiger partial charge >= 0.3 is 0 Å². The molecule has 63 heavy (non-hydrogen) atoms. The lowest BCUT2D eigenvalue weighted by molar-refractivity contribution is -0.145. The fourth-order valence-corrected chi connectivity index (χ4v) is 6.64. The van der Waals surface area contributed by atoms with Gasteiger partial charge in [0.1, 0.15) is 54.1 Å². The van der Waals surface area contributed by atoms with Crippen molar-refractivity contribution in [1.82, 2.24) is 42.1 Å². The van der Waals surface area contributed by atoms with Crippen LogP contribution in [0.2, 0.25) is 0 Å². The van der Waals surface area contributed by atoms with Gasteiger partial charge in [-0.1, -0.05) is 42.5 Å². The molecule has 21 nitrogen and oxygen atoms in total. The normalized spacial score (nSPS) is 17.7. The number of hydrogen-bond acceptors (Lipinski definition) is 12. The van der Waals surface area contributed by atoms with E-state index in [-0.39, 0.29) is 31.6 Å². The Balaban J connectivity index is 1.63. The van der Waals surface area contributed by atoms with Gasteiger partial charge in [0.05, 0.1) is 12.2 Å². The predicted octanol–water partition coefficient (Wildman–Crippen LogP) is -3.11. The Morgan fingerprint density at radius 2 is 1.11 bits per heavy atom. The van der Waals surface area contributed by atoms with E-state index < -0.39 is 114 Å². The van der Waals surface area contributed by atoms with E-state index in [4.69, 9.17) is 5.73 Å². The summed E-state index contributed by atoms with van der Waals surface area (Å²) in [6.07, 6.45) is -2.23. The van der Waals surface area contributed by atoms with Crippen LogP contribution in [0, 0.1) is 0 Å². The summed E-state index contributed by atoms with van der Waals surface area (Å²) in [5.41, 5.74) is 6.78. The first-order valence-electron chi connectivity index (χ1n) is 20.5. The summed E-state index contributed by atoms with van der Waals surface area (Å²) < 4.78 is 0. The highest BCUT2D eigenvalue weighted by Gasteiger charge is 2.41. The Kier molecular flexibility index (Phi) is 19.0. The van der Waals surface area contributed by atoms with Crippen LogP contribution in [0.3, 0.4) is 0 Å². The fraction of sp³-hybridized carbons (Fsp3) is 0.500. The smallest absolute Gasteiger partial charge is 0.248 e. The molecular weight excluding hydrogens is 823 g/mol. The number of likely N-dealkylation sites (tertiary alicyclic amines) is 1. The molecule has 0 saturated carbocycles. The van der Waals surface area contributed by atoms with Gasteiger partial charge in [-0.2, -0.15) is 0 Å². The Labute approximate surface area is 364 Å². The molecule has 0 aromatic heterocycles. The maximum absolute atomic E-state index is 13.6. The molecular formula is C42H59N9O12. The van der Waals surface area contributed by atoms with Crippen LogP contribution in [-0.4, -0.2) is 140 Å². The van der Waals surface area contributed by atoms with Gasteiger partial charge in [0.15, 0.2) is 0 Å². The molecule has 0 unspecified atom stereocenters. The second-order valence-electron chi connectivity index (χ2n) is 15.6. The largest absolute Gasteiger partial charge is 0.508 e. The van der Waals surface area contributed by atoms with E-state index in [9.17, 15) is 58.5 Å². The summed E-state index contributed by atoms with van der Waals surface area (Å²) in [7, 11) is 0. The van der Waals surface area contributed by atoms with Gasteiger partial charge in [0.25, 0.3) is 0 Å². The van der Waals surface area contributed by atoms with Gasteiger partial charge < -0.3 is 63.2 Å². The third kappa shape index (κ3) is 15.4. The van der Waals surface area contributed by atoms with Crippen LogP contribution in [0.15, 0.2) is 54.6 Å². The Hall–Kier alpha value is -6.61. The number of phenols is 1. The molecule has 3 rings (SSSR count). The SMILES string of the molecule is CC(=O)N[C@H](C(=O)N[C@H](C(=O)N1CCC[C@H]1C(=O)N[C@@H](C)C(=O)N[C@@H](C)C(=O)N[C@@H](Cc1ccccc1)C(=O)N[C@@H](C)C(=O)N[C@@H](Cc1ccc(O)cc1)C(N)=O)[C@@H](C)O)[C@@H](C)O. The van der Waals surface area contributed by atoms with Crippen molar-refractivity contribution in [1.29, 1.82) is 0 Å². The third-order valence-electron chi connectivity index (χ3n) is 10.2. The van der Waals surface area contributed by atoms with Gasteiger partial charge in [-0.25, -0.2) is 0 Å². The van der Waals surface area contributed by atoms with E-state index in [1.165, 1.54) is 46.8 Å². The molecule has 0 spiro atoms. The number of aliphatic hydroxyl groups is 2. The van der Waals surface area contributed by atoms with Gasteiger partial charge in [-0.05, 0) is 70.7 Å². The predicted molar refractivity (Wildman–Crippen MR) is 225 cm³/mol. The van der Waals surface area contributed by atoms with Crippen LogP contribution in [0.1, 0.15) is 65.5 Å². The molecule has 0 bridgehead atoms. The van der Waals surface area contributed by atoms with Gasteiger partial charge in [0, 0.05) is 26.3 Å². The number of carbonyl (C=O) groups is 9. The second kappa shape index (κ2) is 23.6. The summed E-state index contributed by atoms with van der Waals surface area (Å²) in [6, 6.07) is 4.46. The van der Waals surface area contributed by atoms with E-state index in [1.54, 1.807) is 42.5 Å². The molecule has 1 saturated heterocycles. The lowest BCUT2D eigenvalue weighted by Crippen LogP contribution is -2.61. The lowest BCUT2D eigenvalue weighted by Gasteiger charge is -2.31. The zero-order valence-corrected chi connectivity index (χ0v) is 36.0. The van der Waals surface area contributed by atoms with Crippen molar-refractivity contribution in [2.75, 3.05) is 6.54 Å². The van der Waals surface area contributed by atoms with Crippen LogP contribution in [0.25, 0.3) is 0 Å². The first-order chi connectivity index (χ1) is 29.6. The van der Waals surface area contributed by atoms with Crippen molar-refractivity contribution in [3.05, 3.63) is 65.7 Å². The molecule has 344 valence electrons. The summed E-state index contributed by atoms with van der Waals surface area (Å²) >= 11 is 0. The lowest BCUT2D eigenvalue weighted by atomic mass is 10.0. The maximum Gasteiger partial charge on any atom is 0.248 e. The number of benzene rings is 2. The molecule has 10 atom stereocenters. The van der Waals surface area contributed by atoms with Crippen LogP contribution >= 0.6 is 0 Å². The molecule has 0 aliphatic carbocycles. The molecule has 21 heteroatoms. The summed E-state index contributed by atoms with van der Waals surface area (Å²) in [5, 5.41) is 47.3. The number of phenolic OH excluding ortho intramolecular Hbond substituents is 1. The van der Waals surface area contributed by atoms with E-state index >= 15 is 0 Å². The van der Waals surface area contributed by atoms with Crippen molar-refractivity contribution >= 4 is 53.2 Å². The zero-order valence-electron chi connectivity index (χ0n) is 36.0. The van der Waals surface area contributed by atoms with E-state index in [0.717, 1.165) is 11.8 Å². The van der Waals surface area contributed by atoms with Crippen molar-refractivity contribution in [2.45, 2.75) is 128 Å². The van der Waals surface area contributed by atoms with Crippen LogP contribution in [-0.2, 0) is 56.0 Å². The monoisotopic (exact) mass is 881 g/mol. The molecule has 2 aromatic carbocycles. The number of rotatable bonds is 21. The number of carbonyl (C=O) groups excluding carboxylic acids is 9. The van der Waals surface area contributed by atoms with Gasteiger partial charge in [-0.3, -0.25) is 43.2 Å². The highest BCUT2D eigenvalue weighted by Crippen LogP contribution is 2.20. The van der Waals surface area contributed by atoms with Gasteiger partial charge in [-0.15, -0.1) is 0 Å². The fourth-order valence-electron chi connectivity index (χ4n) is 6.64. The minimum Gasteiger partial charge on any atom is -0.508 e. The van der Waals surface area contributed by atoms with Crippen molar-refractivity contribution < 1.29 is 58.5 Å². The van der Waals surface area contributed by atoms with Crippen molar-refractivity contribution in [2.24, 2.45) is 5.73 Å². The first kappa shape index (κ1) is 50.7. The molecule has 1 aliphatic heterocycles. The number of amides is 9. The Bertz CT molecular complexity index is 1960. The average molecular weight is 882 g/mol.